The summed E-state index contributed by atoms with van der Waals surface area (Å²) < 4.78 is 72.5. The van der Waals surface area contributed by atoms with Gasteiger partial charge in [-0.3, -0.25) is 9.20 Å². The van der Waals surface area contributed by atoms with E-state index in [4.69, 9.17) is 10.5 Å². The minimum atomic E-state index is -9.84. The monoisotopic (exact) mass is 485 g/mol. The molecular formula is C20H16F5N5O2S. The second-order valence-electron chi connectivity index (χ2n) is 7.76. The second kappa shape index (κ2) is 6.04. The highest BCUT2D eigenvalue weighted by Gasteiger charge is 2.65. The van der Waals surface area contributed by atoms with E-state index in [1.54, 1.807) is 22.6 Å². The van der Waals surface area contributed by atoms with Crippen LogP contribution >= 0.6 is 10.2 Å². The predicted octanol–water partition coefficient (Wildman–Crippen LogP) is 5.33. The van der Waals surface area contributed by atoms with Gasteiger partial charge in [0.05, 0.1) is 29.6 Å². The molecule has 2 aromatic heterocycles. The molecular weight excluding hydrogens is 469 g/mol. The first kappa shape index (κ1) is 21.2. The number of benzene rings is 2. The molecule has 0 bridgehead atoms. The maximum absolute atomic E-state index is 13.2. The fraction of sp³-hybridized carbons (Fsp3) is 0.150. The molecule has 33 heavy (non-hydrogen) atoms. The number of anilines is 1. The van der Waals surface area contributed by atoms with Crippen molar-refractivity contribution in [2.24, 2.45) is 0 Å². The van der Waals surface area contributed by atoms with E-state index in [1.807, 2.05) is 0 Å². The second-order valence-corrected chi connectivity index (χ2v) is 10.2. The summed E-state index contributed by atoms with van der Waals surface area (Å²) in [5, 5.41) is 0. The first-order valence-electron chi connectivity index (χ1n) is 9.52. The van der Waals surface area contributed by atoms with Gasteiger partial charge in [0.15, 0.2) is 0 Å². The summed E-state index contributed by atoms with van der Waals surface area (Å²) in [6.07, 6.45) is 3.07. The third-order valence-corrected chi connectivity index (χ3v) is 6.74. The number of carbonyl (C=O) groups excluding carboxylic acids is 1. The Balaban J connectivity index is 1.49. The number of aromatic nitrogens is 3. The Morgan fingerprint density at radius 1 is 1.15 bits per heavy atom. The minimum Gasteiger partial charge on any atom is -0.491 e. The van der Waals surface area contributed by atoms with Crippen LogP contribution in [0.4, 0.5) is 25.2 Å². The lowest BCUT2D eigenvalue weighted by atomic mass is 10.1. The van der Waals surface area contributed by atoms with Gasteiger partial charge in [0.25, 0.3) is 5.91 Å². The summed E-state index contributed by atoms with van der Waals surface area (Å²) in [5.41, 5.74) is 8.10. The summed E-state index contributed by atoms with van der Waals surface area (Å²) >= 11 is 0. The van der Waals surface area contributed by atoms with Crippen LogP contribution in [0.5, 0.6) is 5.75 Å². The smallest absolute Gasteiger partial charge is 0.310 e. The molecule has 1 aliphatic heterocycles. The van der Waals surface area contributed by atoms with E-state index < -0.39 is 27.1 Å². The van der Waals surface area contributed by atoms with Crippen molar-refractivity contribution in [3.63, 3.8) is 0 Å². The molecule has 0 radical (unpaired) electrons. The number of carbonyl (C=O) groups is 1. The van der Waals surface area contributed by atoms with Crippen molar-refractivity contribution in [1.82, 2.24) is 19.3 Å². The Kier molecular flexibility index (Phi) is 3.89. The molecule has 13 heteroatoms. The number of halogens is 5. The largest absolute Gasteiger partial charge is 0.491 e. The number of nitrogens with two attached hydrogens (primary N) is 1. The molecule has 0 saturated carbocycles. The summed E-state index contributed by atoms with van der Waals surface area (Å²) in [7, 11) is -8.38. The Morgan fingerprint density at radius 3 is 2.64 bits per heavy atom. The van der Waals surface area contributed by atoms with Gasteiger partial charge in [0.1, 0.15) is 28.6 Å². The van der Waals surface area contributed by atoms with Gasteiger partial charge in [0.2, 0.25) is 0 Å². The summed E-state index contributed by atoms with van der Waals surface area (Å²) in [6, 6.07) is 5.54. The lowest BCUT2D eigenvalue weighted by Crippen LogP contribution is -2.32. The van der Waals surface area contributed by atoms with Gasteiger partial charge in [-0.05, 0) is 24.3 Å². The van der Waals surface area contributed by atoms with Crippen molar-refractivity contribution < 1.29 is 29.0 Å². The topological polar surface area (TPSA) is 85.8 Å². The summed E-state index contributed by atoms with van der Waals surface area (Å²) in [4.78, 5) is 20.8. The zero-order valence-corrected chi connectivity index (χ0v) is 17.7. The maximum atomic E-state index is 13.2. The Morgan fingerprint density at radius 2 is 1.91 bits per heavy atom. The van der Waals surface area contributed by atoms with Crippen LogP contribution < -0.4 is 10.5 Å². The number of hydrogen-bond donors (Lipinski definition) is 1. The van der Waals surface area contributed by atoms with Crippen LogP contribution in [0, 0.1) is 0 Å². The average molecular weight is 485 g/mol. The van der Waals surface area contributed by atoms with E-state index in [2.05, 4.69) is 9.97 Å². The Bertz CT molecular complexity index is 1470. The fourth-order valence-corrected chi connectivity index (χ4v) is 4.54. The highest BCUT2D eigenvalue weighted by atomic mass is 32.5. The zero-order valence-electron chi connectivity index (χ0n) is 16.9. The standard InChI is InChI=1S/C20H16F5N5O2S/c1-29(17-9-32-18-7-12(3-4-13(17)18)33(21,22,23,24)25)20(31)11-2-5-14-15(6-11)30-10-27-8-16(30)19(26)28-14/h2-8,10,17H,9H2,1H3,(H2,26,28). The molecule has 1 aliphatic rings. The van der Waals surface area contributed by atoms with Crippen LogP contribution in [0.15, 0.2) is 53.8 Å². The van der Waals surface area contributed by atoms with Gasteiger partial charge < -0.3 is 15.4 Å². The number of ether oxygens (including phenoxy) is 1. The SMILES string of the molecule is CN(C(=O)c1ccc2nc(N)c3cncn3c2c1)C1COc2cc(S(F)(F)(F)(F)F)ccc21. The highest BCUT2D eigenvalue weighted by molar-refractivity contribution is 8.45. The number of nitrogens with zero attached hydrogens (tertiary/aromatic N) is 4. The van der Waals surface area contributed by atoms with Crippen LogP contribution in [0.1, 0.15) is 22.0 Å². The van der Waals surface area contributed by atoms with Gasteiger partial charge in [0, 0.05) is 24.2 Å². The van der Waals surface area contributed by atoms with Crippen LogP contribution in [0.25, 0.3) is 16.6 Å². The predicted molar refractivity (Wildman–Crippen MR) is 113 cm³/mol. The Labute approximate surface area is 183 Å². The van der Waals surface area contributed by atoms with E-state index in [0.29, 0.717) is 22.6 Å². The lowest BCUT2D eigenvalue weighted by Gasteiger charge is -2.40. The molecule has 0 aliphatic carbocycles. The van der Waals surface area contributed by atoms with Crippen LogP contribution in [0.3, 0.4) is 0 Å². The van der Waals surface area contributed by atoms with Crippen molar-refractivity contribution in [1.29, 1.82) is 0 Å². The molecule has 2 N–H and O–H groups in total. The summed E-state index contributed by atoms with van der Waals surface area (Å²) in [6.45, 7) is -0.168. The quantitative estimate of drug-likeness (QED) is 0.397. The maximum Gasteiger partial charge on any atom is 0.310 e. The molecule has 1 atom stereocenters. The van der Waals surface area contributed by atoms with Crippen molar-refractivity contribution in [3.05, 3.63) is 60.0 Å². The molecule has 5 rings (SSSR count). The fourth-order valence-electron chi connectivity index (χ4n) is 3.89. The number of nitrogen functional groups attached to an aromatic ring is 1. The van der Waals surface area contributed by atoms with Gasteiger partial charge in [-0.1, -0.05) is 25.5 Å². The third-order valence-electron chi connectivity index (χ3n) is 5.60. The van der Waals surface area contributed by atoms with E-state index in [-0.39, 0.29) is 35.4 Å². The zero-order chi connectivity index (χ0) is 23.8. The van der Waals surface area contributed by atoms with Crippen molar-refractivity contribution >= 4 is 38.5 Å². The van der Waals surface area contributed by atoms with Crippen LogP contribution in [-0.2, 0) is 0 Å². The van der Waals surface area contributed by atoms with E-state index in [0.717, 1.165) is 6.07 Å². The molecule has 1 amide bonds. The minimum absolute atomic E-state index is 0.168. The van der Waals surface area contributed by atoms with Crippen LogP contribution in [-0.4, -0.2) is 38.8 Å². The van der Waals surface area contributed by atoms with Gasteiger partial charge in [-0.25, -0.2) is 9.97 Å². The first-order chi connectivity index (χ1) is 15.2. The molecule has 3 heterocycles. The first-order valence-corrected chi connectivity index (χ1v) is 11.5. The molecule has 0 spiro atoms. The Hall–Kier alpha value is -3.61. The van der Waals surface area contributed by atoms with Gasteiger partial charge in [-0.2, -0.15) is 0 Å². The number of amides is 1. The molecule has 0 saturated heterocycles. The van der Waals surface area contributed by atoms with Crippen LogP contribution in [0.2, 0.25) is 0 Å². The van der Waals surface area contributed by atoms with Gasteiger partial charge in [-0.15, -0.1) is 0 Å². The number of hydrogen-bond acceptors (Lipinski definition) is 5. The van der Waals surface area contributed by atoms with E-state index in [1.165, 1.54) is 24.5 Å². The molecule has 7 nitrogen and oxygen atoms in total. The molecule has 174 valence electrons. The highest BCUT2D eigenvalue weighted by Crippen LogP contribution is 3.02. The normalized spacial score (nSPS) is 17.9. The van der Waals surface area contributed by atoms with Crippen molar-refractivity contribution in [2.75, 3.05) is 19.4 Å². The number of fused-ring (bicyclic) bond motifs is 4. The molecule has 4 aromatic rings. The van der Waals surface area contributed by atoms with Gasteiger partial charge >= 0.3 is 10.2 Å². The summed E-state index contributed by atoms with van der Waals surface area (Å²) in [5.74, 6) is -0.495. The molecule has 2 aromatic carbocycles. The molecule has 1 unspecified atom stereocenters. The van der Waals surface area contributed by atoms with E-state index >= 15 is 0 Å². The lowest BCUT2D eigenvalue weighted by molar-refractivity contribution is 0.0708. The average Bonchev–Trinajstić information content (AvgIpc) is 3.38. The third kappa shape index (κ3) is 3.48. The number of imidazole rings is 1. The molecule has 0 fully saturated rings. The van der Waals surface area contributed by atoms with Crippen molar-refractivity contribution in [2.45, 2.75) is 10.9 Å². The number of rotatable bonds is 3. The van der Waals surface area contributed by atoms with Crippen molar-refractivity contribution in [3.8, 4) is 5.75 Å². The number of likely N-dealkylation sites (N-methyl/N-ethyl adjacent to an activating group) is 1. The van der Waals surface area contributed by atoms with E-state index in [9.17, 15) is 24.2 Å².